The van der Waals surface area contributed by atoms with Crippen molar-refractivity contribution in [3.8, 4) is 0 Å². The Hall–Kier alpha value is -0.920. The van der Waals surface area contributed by atoms with E-state index in [2.05, 4.69) is 0 Å². The smallest absolute Gasteiger partial charge is 0.165 e. The largest absolute Gasteiger partial charge is 0.303 e. The molecule has 2 heteroatoms. The molecule has 1 aliphatic carbocycles. The summed E-state index contributed by atoms with van der Waals surface area (Å²) >= 11 is 0. The average molecular weight is 138 g/mol. The highest BCUT2D eigenvalue weighted by molar-refractivity contribution is 6.01. The number of aldehydes is 1. The minimum atomic E-state index is -0.358. The van der Waals surface area contributed by atoms with Gasteiger partial charge < -0.3 is 4.79 Å². The van der Waals surface area contributed by atoms with Crippen molar-refractivity contribution in [2.75, 3.05) is 0 Å². The van der Waals surface area contributed by atoms with Gasteiger partial charge in [0.1, 0.15) is 6.29 Å². The van der Waals surface area contributed by atoms with Gasteiger partial charge in [-0.1, -0.05) is 5.57 Å². The van der Waals surface area contributed by atoms with E-state index in [9.17, 15) is 9.59 Å². The van der Waals surface area contributed by atoms with Gasteiger partial charge in [-0.3, -0.25) is 4.79 Å². The molecule has 0 spiro atoms. The second-order valence-corrected chi connectivity index (χ2v) is 2.67. The summed E-state index contributed by atoms with van der Waals surface area (Å²) in [5.41, 5.74) is 1.09. The Bertz CT molecular complexity index is 191. The summed E-state index contributed by atoms with van der Waals surface area (Å²) in [6.07, 6.45) is 3.90. The molecule has 0 aromatic rings. The maximum absolute atomic E-state index is 10.9. The van der Waals surface area contributed by atoms with Crippen LogP contribution in [0.25, 0.3) is 0 Å². The molecule has 0 aliphatic heterocycles. The van der Waals surface area contributed by atoms with Gasteiger partial charge in [0, 0.05) is 0 Å². The molecule has 54 valence electrons. The zero-order valence-corrected chi connectivity index (χ0v) is 5.96. The van der Waals surface area contributed by atoms with Crippen LogP contribution < -0.4 is 0 Å². The Morgan fingerprint density at radius 3 is 2.90 bits per heavy atom. The highest BCUT2D eigenvalue weighted by Gasteiger charge is 2.19. The molecular weight excluding hydrogens is 128 g/mol. The molecule has 0 aromatic carbocycles. The Labute approximate surface area is 59.9 Å². The molecule has 0 heterocycles. The lowest BCUT2D eigenvalue weighted by Gasteiger charge is -2.12. The minimum Gasteiger partial charge on any atom is -0.303 e. The number of rotatable bonds is 1. The van der Waals surface area contributed by atoms with Crippen LogP contribution in [0, 0.1) is 5.92 Å². The molecule has 0 aromatic heterocycles. The molecule has 0 saturated heterocycles. The average Bonchev–Trinajstić information content (AvgIpc) is 1.88. The van der Waals surface area contributed by atoms with Gasteiger partial charge >= 0.3 is 0 Å². The lowest BCUT2D eigenvalue weighted by atomic mass is 9.90. The second-order valence-electron chi connectivity index (χ2n) is 2.67. The number of hydrogen-bond donors (Lipinski definition) is 0. The van der Waals surface area contributed by atoms with E-state index in [1.165, 1.54) is 0 Å². The van der Waals surface area contributed by atoms with Crippen molar-refractivity contribution in [2.45, 2.75) is 19.8 Å². The first-order valence-electron chi connectivity index (χ1n) is 3.40. The molecule has 0 radical (unpaired) electrons. The molecule has 1 unspecified atom stereocenters. The molecular formula is C8H10O2. The third-order valence-electron chi connectivity index (χ3n) is 1.77. The van der Waals surface area contributed by atoms with Crippen LogP contribution >= 0.6 is 0 Å². The number of hydrogen-bond acceptors (Lipinski definition) is 2. The number of carbonyl (C=O) groups excluding carboxylic acids is 2. The standard InChI is InChI=1S/C8H10O2/c1-6-2-3-7(5-9)8(10)4-6/h4-5,7H,2-3H2,1H3. The van der Waals surface area contributed by atoms with Crippen LogP contribution in [0.3, 0.4) is 0 Å². The Morgan fingerprint density at radius 1 is 1.70 bits per heavy atom. The lowest BCUT2D eigenvalue weighted by Crippen LogP contribution is -2.17. The van der Waals surface area contributed by atoms with Crippen molar-refractivity contribution in [3.63, 3.8) is 0 Å². The van der Waals surface area contributed by atoms with E-state index >= 15 is 0 Å². The highest BCUT2D eigenvalue weighted by atomic mass is 16.1. The first-order chi connectivity index (χ1) is 4.74. The summed E-state index contributed by atoms with van der Waals surface area (Å²) in [4.78, 5) is 21.2. The molecule has 0 saturated carbocycles. The molecule has 0 fully saturated rings. The zero-order valence-electron chi connectivity index (χ0n) is 5.96. The number of ketones is 1. The molecule has 0 bridgehead atoms. The lowest BCUT2D eigenvalue weighted by molar-refractivity contribution is -0.124. The Morgan fingerprint density at radius 2 is 2.40 bits per heavy atom. The van der Waals surface area contributed by atoms with Crippen LogP contribution in [0.5, 0.6) is 0 Å². The first kappa shape index (κ1) is 7.19. The second kappa shape index (κ2) is 2.78. The molecule has 1 aliphatic rings. The van der Waals surface area contributed by atoms with Gasteiger partial charge in [-0.2, -0.15) is 0 Å². The third-order valence-corrected chi connectivity index (χ3v) is 1.77. The summed E-state index contributed by atoms with van der Waals surface area (Å²) in [5.74, 6) is -0.387. The van der Waals surface area contributed by atoms with Gasteiger partial charge in [0.05, 0.1) is 5.92 Å². The Balaban J connectivity index is 2.73. The fourth-order valence-corrected chi connectivity index (χ4v) is 1.08. The van der Waals surface area contributed by atoms with Gasteiger partial charge in [0.2, 0.25) is 0 Å². The van der Waals surface area contributed by atoms with Crippen LogP contribution in [0.4, 0.5) is 0 Å². The predicted octanol–water partition coefficient (Wildman–Crippen LogP) is 1.11. The van der Waals surface area contributed by atoms with Crippen molar-refractivity contribution >= 4 is 12.1 Å². The summed E-state index contributed by atoms with van der Waals surface area (Å²) < 4.78 is 0. The molecule has 10 heavy (non-hydrogen) atoms. The van der Waals surface area contributed by atoms with Crippen molar-refractivity contribution in [2.24, 2.45) is 5.92 Å². The predicted molar refractivity (Wildman–Crippen MR) is 37.6 cm³/mol. The number of allylic oxidation sites excluding steroid dienone is 2. The molecule has 0 amide bonds. The van der Waals surface area contributed by atoms with Crippen molar-refractivity contribution in [1.29, 1.82) is 0 Å². The van der Waals surface area contributed by atoms with Crippen molar-refractivity contribution in [3.05, 3.63) is 11.6 Å². The van der Waals surface area contributed by atoms with Crippen molar-refractivity contribution in [1.82, 2.24) is 0 Å². The van der Waals surface area contributed by atoms with Gasteiger partial charge in [0.25, 0.3) is 0 Å². The van der Waals surface area contributed by atoms with E-state index in [1.54, 1.807) is 6.08 Å². The van der Waals surface area contributed by atoms with E-state index in [1.807, 2.05) is 6.92 Å². The fourth-order valence-electron chi connectivity index (χ4n) is 1.08. The van der Waals surface area contributed by atoms with E-state index in [-0.39, 0.29) is 11.7 Å². The molecule has 0 N–H and O–H groups in total. The van der Waals surface area contributed by atoms with Crippen LogP contribution in [0.2, 0.25) is 0 Å². The van der Waals surface area contributed by atoms with Crippen LogP contribution in [0.1, 0.15) is 19.8 Å². The third kappa shape index (κ3) is 1.32. The summed E-state index contributed by atoms with van der Waals surface area (Å²) in [5, 5.41) is 0. The highest BCUT2D eigenvalue weighted by Crippen LogP contribution is 2.18. The zero-order chi connectivity index (χ0) is 7.56. The van der Waals surface area contributed by atoms with Gasteiger partial charge in [-0.05, 0) is 25.8 Å². The fraction of sp³-hybridized carbons (Fsp3) is 0.500. The monoisotopic (exact) mass is 138 g/mol. The number of carbonyl (C=O) groups is 2. The quantitative estimate of drug-likeness (QED) is 0.402. The summed E-state index contributed by atoms with van der Waals surface area (Å²) in [6.45, 7) is 1.92. The molecule has 2 nitrogen and oxygen atoms in total. The molecule has 1 rings (SSSR count). The van der Waals surface area contributed by atoms with Crippen LogP contribution in [-0.2, 0) is 9.59 Å². The van der Waals surface area contributed by atoms with E-state index in [0.717, 1.165) is 18.3 Å². The maximum Gasteiger partial charge on any atom is 0.165 e. The van der Waals surface area contributed by atoms with Gasteiger partial charge in [-0.25, -0.2) is 0 Å². The SMILES string of the molecule is CC1=CC(=O)C(C=O)CC1. The van der Waals surface area contributed by atoms with Gasteiger partial charge in [0.15, 0.2) is 5.78 Å². The Kier molecular flexibility index (Phi) is 2.00. The van der Waals surface area contributed by atoms with E-state index < -0.39 is 0 Å². The van der Waals surface area contributed by atoms with Crippen molar-refractivity contribution < 1.29 is 9.59 Å². The normalized spacial score (nSPS) is 25.9. The van der Waals surface area contributed by atoms with E-state index in [0.29, 0.717) is 6.42 Å². The molecule has 1 atom stereocenters. The van der Waals surface area contributed by atoms with Gasteiger partial charge in [-0.15, -0.1) is 0 Å². The summed E-state index contributed by atoms with van der Waals surface area (Å²) in [6, 6.07) is 0. The van der Waals surface area contributed by atoms with Crippen LogP contribution in [-0.4, -0.2) is 12.1 Å². The topological polar surface area (TPSA) is 34.1 Å². The minimum absolute atomic E-state index is 0.0289. The first-order valence-corrected chi connectivity index (χ1v) is 3.40. The van der Waals surface area contributed by atoms with Crippen LogP contribution in [0.15, 0.2) is 11.6 Å². The van der Waals surface area contributed by atoms with E-state index in [4.69, 9.17) is 0 Å². The maximum atomic E-state index is 10.9. The summed E-state index contributed by atoms with van der Waals surface area (Å²) in [7, 11) is 0.